The molecule has 1 aliphatic heterocycles. The number of rotatable bonds is 4. The van der Waals surface area contributed by atoms with Gasteiger partial charge in [0.25, 0.3) is 5.91 Å². The molecular weight excluding hydrogens is 328 g/mol. The minimum atomic E-state index is 0.0387. The lowest BCUT2D eigenvalue weighted by atomic mass is 9.97. The van der Waals surface area contributed by atoms with Gasteiger partial charge in [-0.3, -0.25) is 14.6 Å². The Morgan fingerprint density at radius 3 is 2.92 bits per heavy atom. The Kier molecular flexibility index (Phi) is 4.51. The summed E-state index contributed by atoms with van der Waals surface area (Å²) in [5, 5.41) is 11.6. The van der Waals surface area contributed by atoms with Gasteiger partial charge in [-0.05, 0) is 25.8 Å². The Morgan fingerprint density at radius 2 is 2.12 bits per heavy atom. The second-order valence-corrected chi connectivity index (χ2v) is 6.53. The van der Waals surface area contributed by atoms with Crippen LogP contribution in [0.15, 0.2) is 42.6 Å². The SMILES string of the molecule is CCn1nccc1C(=O)N1CCC[C@H](c2nc(-c3ccccc3)n[nH]2)C1. The van der Waals surface area contributed by atoms with Gasteiger partial charge in [0.05, 0.1) is 0 Å². The van der Waals surface area contributed by atoms with Crippen molar-refractivity contribution in [2.24, 2.45) is 0 Å². The van der Waals surface area contributed by atoms with E-state index in [2.05, 4.69) is 20.3 Å². The van der Waals surface area contributed by atoms with Crippen molar-refractivity contribution in [2.45, 2.75) is 32.2 Å². The lowest BCUT2D eigenvalue weighted by Crippen LogP contribution is -2.40. The van der Waals surface area contributed by atoms with Crippen LogP contribution in [0.2, 0.25) is 0 Å². The van der Waals surface area contributed by atoms with E-state index in [0.29, 0.717) is 24.6 Å². The molecule has 4 rings (SSSR count). The maximum Gasteiger partial charge on any atom is 0.272 e. The number of aromatic nitrogens is 5. The van der Waals surface area contributed by atoms with Crippen LogP contribution < -0.4 is 0 Å². The lowest BCUT2D eigenvalue weighted by molar-refractivity contribution is 0.0692. The second kappa shape index (κ2) is 7.11. The topological polar surface area (TPSA) is 79.7 Å². The Labute approximate surface area is 152 Å². The Bertz CT molecular complexity index is 884. The van der Waals surface area contributed by atoms with E-state index in [1.807, 2.05) is 42.2 Å². The number of carbonyl (C=O) groups excluding carboxylic acids is 1. The third-order valence-electron chi connectivity index (χ3n) is 4.87. The second-order valence-electron chi connectivity index (χ2n) is 6.53. The summed E-state index contributed by atoms with van der Waals surface area (Å²) < 4.78 is 1.74. The highest BCUT2D eigenvalue weighted by Gasteiger charge is 2.29. The van der Waals surface area contributed by atoms with Gasteiger partial charge in [-0.25, -0.2) is 4.98 Å². The van der Waals surface area contributed by atoms with Crippen LogP contribution in [0.1, 0.15) is 42.0 Å². The van der Waals surface area contributed by atoms with Gasteiger partial charge in [0.1, 0.15) is 11.5 Å². The van der Waals surface area contributed by atoms with Gasteiger partial charge in [0, 0.05) is 37.3 Å². The summed E-state index contributed by atoms with van der Waals surface area (Å²) in [6.07, 6.45) is 3.64. The fraction of sp³-hybridized carbons (Fsp3) is 0.368. The molecule has 0 radical (unpaired) electrons. The van der Waals surface area contributed by atoms with Crippen molar-refractivity contribution in [1.82, 2.24) is 29.9 Å². The number of nitrogens with one attached hydrogen (secondary N) is 1. The van der Waals surface area contributed by atoms with Crippen molar-refractivity contribution in [1.29, 1.82) is 0 Å². The van der Waals surface area contributed by atoms with Crippen LogP contribution in [-0.2, 0) is 6.54 Å². The van der Waals surface area contributed by atoms with Gasteiger partial charge in [-0.2, -0.15) is 10.2 Å². The molecule has 1 N–H and O–H groups in total. The van der Waals surface area contributed by atoms with Crippen LogP contribution in [0.25, 0.3) is 11.4 Å². The number of hydrogen-bond acceptors (Lipinski definition) is 4. The van der Waals surface area contributed by atoms with Crippen molar-refractivity contribution >= 4 is 5.91 Å². The zero-order valence-electron chi connectivity index (χ0n) is 14.8. The van der Waals surface area contributed by atoms with E-state index in [1.165, 1.54) is 0 Å². The molecule has 0 bridgehead atoms. The molecule has 3 aromatic rings. The van der Waals surface area contributed by atoms with E-state index >= 15 is 0 Å². The minimum absolute atomic E-state index is 0.0387. The number of hydrogen-bond donors (Lipinski definition) is 1. The average molecular weight is 350 g/mol. The molecule has 134 valence electrons. The summed E-state index contributed by atoms with van der Waals surface area (Å²) >= 11 is 0. The molecule has 0 saturated carbocycles. The molecule has 7 heteroatoms. The van der Waals surface area contributed by atoms with Crippen molar-refractivity contribution < 1.29 is 4.79 Å². The summed E-state index contributed by atoms with van der Waals surface area (Å²) in [5.41, 5.74) is 1.64. The number of benzene rings is 1. The van der Waals surface area contributed by atoms with Gasteiger partial charge in [-0.15, -0.1) is 0 Å². The Hall–Kier alpha value is -2.96. The molecule has 1 amide bonds. The first-order valence-electron chi connectivity index (χ1n) is 9.05. The normalized spacial score (nSPS) is 17.4. The van der Waals surface area contributed by atoms with Gasteiger partial charge in [-0.1, -0.05) is 30.3 Å². The smallest absolute Gasteiger partial charge is 0.272 e. The van der Waals surface area contributed by atoms with Crippen molar-refractivity contribution in [2.75, 3.05) is 13.1 Å². The monoisotopic (exact) mass is 350 g/mol. The van der Waals surface area contributed by atoms with E-state index < -0.39 is 0 Å². The number of nitrogens with zero attached hydrogens (tertiary/aromatic N) is 5. The molecule has 1 atom stereocenters. The highest BCUT2D eigenvalue weighted by atomic mass is 16.2. The first-order chi connectivity index (χ1) is 12.8. The first kappa shape index (κ1) is 16.5. The third-order valence-corrected chi connectivity index (χ3v) is 4.87. The van der Waals surface area contributed by atoms with E-state index in [0.717, 1.165) is 30.8 Å². The van der Waals surface area contributed by atoms with Crippen LogP contribution in [0.5, 0.6) is 0 Å². The predicted molar refractivity (Wildman–Crippen MR) is 97.6 cm³/mol. The molecular formula is C19H22N6O. The molecule has 1 saturated heterocycles. The maximum atomic E-state index is 12.9. The molecule has 0 unspecified atom stereocenters. The van der Waals surface area contributed by atoms with Gasteiger partial charge in [0.2, 0.25) is 0 Å². The van der Waals surface area contributed by atoms with E-state index in [-0.39, 0.29) is 11.8 Å². The summed E-state index contributed by atoms with van der Waals surface area (Å²) in [4.78, 5) is 19.4. The minimum Gasteiger partial charge on any atom is -0.337 e. The number of piperidine rings is 1. The fourth-order valence-corrected chi connectivity index (χ4v) is 3.49. The summed E-state index contributed by atoms with van der Waals surface area (Å²) in [7, 11) is 0. The first-order valence-corrected chi connectivity index (χ1v) is 9.05. The lowest BCUT2D eigenvalue weighted by Gasteiger charge is -2.31. The Morgan fingerprint density at radius 1 is 1.27 bits per heavy atom. The number of aromatic amines is 1. The van der Waals surface area contributed by atoms with Gasteiger partial charge >= 0.3 is 0 Å². The molecule has 1 aromatic carbocycles. The highest BCUT2D eigenvalue weighted by molar-refractivity contribution is 5.92. The van der Waals surface area contributed by atoms with Crippen LogP contribution >= 0.6 is 0 Å². The molecule has 7 nitrogen and oxygen atoms in total. The number of likely N-dealkylation sites (tertiary alicyclic amines) is 1. The Balaban J connectivity index is 1.51. The number of carbonyl (C=O) groups is 1. The van der Waals surface area contributed by atoms with Crippen LogP contribution in [0, 0.1) is 0 Å². The predicted octanol–water partition coefficient (Wildman–Crippen LogP) is 2.71. The summed E-state index contributed by atoms with van der Waals surface area (Å²) in [5.74, 6) is 1.77. The fourth-order valence-electron chi connectivity index (χ4n) is 3.49. The number of H-pyrrole nitrogens is 1. The molecule has 0 spiro atoms. The number of aryl methyl sites for hydroxylation is 1. The molecule has 2 aromatic heterocycles. The molecule has 1 aliphatic rings. The standard InChI is InChI=1S/C19H22N6O/c1-2-25-16(10-11-20-25)19(26)24-12-6-9-15(13-24)18-21-17(22-23-18)14-7-4-3-5-8-14/h3-5,7-8,10-11,15H,2,6,9,12-13H2,1H3,(H,21,22,23)/t15-/m0/s1. The highest BCUT2D eigenvalue weighted by Crippen LogP contribution is 2.27. The van der Waals surface area contributed by atoms with E-state index in [1.54, 1.807) is 16.9 Å². The molecule has 3 heterocycles. The van der Waals surface area contributed by atoms with Crippen molar-refractivity contribution in [3.05, 3.63) is 54.1 Å². The summed E-state index contributed by atoms with van der Waals surface area (Å²) in [6.45, 7) is 4.09. The summed E-state index contributed by atoms with van der Waals surface area (Å²) in [6, 6.07) is 11.7. The van der Waals surface area contributed by atoms with Crippen LogP contribution in [0.4, 0.5) is 0 Å². The van der Waals surface area contributed by atoms with Crippen LogP contribution in [-0.4, -0.2) is 48.9 Å². The van der Waals surface area contributed by atoms with Crippen LogP contribution in [0.3, 0.4) is 0 Å². The van der Waals surface area contributed by atoms with E-state index in [4.69, 9.17) is 0 Å². The third kappa shape index (κ3) is 3.12. The molecule has 0 aliphatic carbocycles. The zero-order chi connectivity index (χ0) is 17.9. The quantitative estimate of drug-likeness (QED) is 0.784. The molecule has 1 fully saturated rings. The largest absolute Gasteiger partial charge is 0.337 e. The average Bonchev–Trinajstić information content (AvgIpc) is 3.37. The number of amides is 1. The van der Waals surface area contributed by atoms with Crippen molar-refractivity contribution in [3.63, 3.8) is 0 Å². The zero-order valence-corrected chi connectivity index (χ0v) is 14.8. The van der Waals surface area contributed by atoms with E-state index in [9.17, 15) is 4.79 Å². The van der Waals surface area contributed by atoms with Gasteiger partial charge in [0.15, 0.2) is 5.82 Å². The maximum absolute atomic E-state index is 12.9. The van der Waals surface area contributed by atoms with Crippen molar-refractivity contribution in [3.8, 4) is 11.4 Å². The molecule has 26 heavy (non-hydrogen) atoms. The van der Waals surface area contributed by atoms with Gasteiger partial charge < -0.3 is 4.90 Å².